The maximum atomic E-state index is 11.4. The van der Waals surface area contributed by atoms with Gasteiger partial charge in [-0.25, -0.2) is 14.8 Å². The van der Waals surface area contributed by atoms with Gasteiger partial charge in [0.05, 0.1) is 17.2 Å². The van der Waals surface area contributed by atoms with Gasteiger partial charge in [0.1, 0.15) is 17.9 Å². The maximum Gasteiger partial charge on any atom is 0.349 e. The van der Waals surface area contributed by atoms with Crippen molar-refractivity contribution in [3.63, 3.8) is 0 Å². The normalized spacial score (nSPS) is 10.7. The largest absolute Gasteiger partial charge is 0.492 e. The highest BCUT2D eigenvalue weighted by molar-refractivity contribution is 7.17. The highest BCUT2D eigenvalue weighted by Crippen LogP contribution is 2.36. The van der Waals surface area contributed by atoms with Crippen LogP contribution in [0.5, 0.6) is 5.75 Å². The van der Waals surface area contributed by atoms with Gasteiger partial charge in [-0.2, -0.15) is 0 Å². The van der Waals surface area contributed by atoms with Crippen LogP contribution >= 0.6 is 11.3 Å². The Hall–Kier alpha value is -2.93. The van der Waals surface area contributed by atoms with Gasteiger partial charge in [0.25, 0.3) is 0 Å². The van der Waals surface area contributed by atoms with Crippen molar-refractivity contribution in [2.24, 2.45) is 0 Å². The minimum Gasteiger partial charge on any atom is -0.492 e. The lowest BCUT2D eigenvalue weighted by atomic mass is 10.0. The van der Waals surface area contributed by atoms with E-state index in [1.54, 1.807) is 6.07 Å². The number of benzene rings is 1. The molecule has 2 N–H and O–H groups in total. The molecular weight excluding hydrogens is 374 g/mol. The molecule has 0 bridgehead atoms. The van der Waals surface area contributed by atoms with Gasteiger partial charge in [0.2, 0.25) is 0 Å². The number of nitrogens with one attached hydrogen (secondary N) is 1. The molecule has 0 radical (unpaired) electrons. The molecule has 6 nitrogen and oxygen atoms in total. The molecular formula is C21H23N3O3S. The zero-order chi connectivity index (χ0) is 20.1. The van der Waals surface area contributed by atoms with Crippen molar-refractivity contribution in [2.45, 2.75) is 27.2 Å². The van der Waals surface area contributed by atoms with E-state index in [4.69, 9.17) is 4.74 Å². The molecule has 0 aliphatic rings. The van der Waals surface area contributed by atoms with E-state index < -0.39 is 5.97 Å². The van der Waals surface area contributed by atoms with Crippen molar-refractivity contribution in [3.05, 3.63) is 58.2 Å². The first-order chi connectivity index (χ1) is 13.5. The molecule has 0 amide bonds. The van der Waals surface area contributed by atoms with Gasteiger partial charge in [0, 0.05) is 18.7 Å². The summed E-state index contributed by atoms with van der Waals surface area (Å²) in [6.07, 6.45) is 2.37. The molecule has 0 fully saturated rings. The third-order valence-corrected chi connectivity index (χ3v) is 5.44. The number of nitrogens with zero attached hydrogens (tertiary/aromatic N) is 2. The molecule has 3 rings (SSSR count). The second-order valence-electron chi connectivity index (χ2n) is 6.44. The minimum absolute atomic E-state index is 0.180. The summed E-state index contributed by atoms with van der Waals surface area (Å²) < 4.78 is 5.43. The molecule has 0 atom stereocenters. The third kappa shape index (κ3) is 4.67. The van der Waals surface area contributed by atoms with Gasteiger partial charge in [-0.15, -0.1) is 11.3 Å². The summed E-state index contributed by atoms with van der Waals surface area (Å²) >= 11 is 1.15. The minimum atomic E-state index is -0.999. The van der Waals surface area contributed by atoms with Crippen LogP contribution in [-0.4, -0.2) is 34.2 Å². The topological polar surface area (TPSA) is 84.3 Å². The number of ether oxygens (including phenoxy) is 1. The Morgan fingerprint density at radius 1 is 1.21 bits per heavy atom. The van der Waals surface area contributed by atoms with Crippen molar-refractivity contribution >= 4 is 23.1 Å². The van der Waals surface area contributed by atoms with Gasteiger partial charge in [-0.05, 0) is 38.3 Å². The number of carbonyl (C=O) groups is 1. The fourth-order valence-electron chi connectivity index (χ4n) is 2.95. The number of carboxylic acid groups (broad SMARTS) is 1. The molecule has 0 saturated carbocycles. The summed E-state index contributed by atoms with van der Waals surface area (Å²) in [5, 5.41) is 12.7. The standard InChI is InChI=1S/C21H23N3O3S/c1-4-27-17-11-18(28-20(17)21(25)26)16-10-19(24-12-23-16)22-8-7-15-6-5-13(2)9-14(15)3/h5-6,9-12H,4,7-8H2,1-3H3,(H,25,26)(H,22,23,24). The summed E-state index contributed by atoms with van der Waals surface area (Å²) in [4.78, 5) is 20.9. The Labute approximate surface area is 168 Å². The first kappa shape index (κ1) is 19.8. The van der Waals surface area contributed by atoms with Gasteiger partial charge in [-0.3, -0.25) is 0 Å². The maximum absolute atomic E-state index is 11.4. The second-order valence-corrected chi connectivity index (χ2v) is 7.49. The average Bonchev–Trinajstić information content (AvgIpc) is 3.08. The van der Waals surface area contributed by atoms with Crippen molar-refractivity contribution in [1.29, 1.82) is 0 Å². The van der Waals surface area contributed by atoms with E-state index >= 15 is 0 Å². The van der Waals surface area contributed by atoms with Gasteiger partial charge in [-0.1, -0.05) is 23.8 Å². The molecule has 0 saturated heterocycles. The smallest absolute Gasteiger partial charge is 0.349 e. The number of thiophene rings is 1. The van der Waals surface area contributed by atoms with Crippen LogP contribution in [0.4, 0.5) is 5.82 Å². The number of hydrogen-bond donors (Lipinski definition) is 2. The highest BCUT2D eigenvalue weighted by atomic mass is 32.1. The Bertz CT molecular complexity index is 985. The molecule has 146 valence electrons. The van der Waals surface area contributed by atoms with E-state index in [0.29, 0.717) is 23.9 Å². The lowest BCUT2D eigenvalue weighted by Crippen LogP contribution is -2.07. The van der Waals surface area contributed by atoms with Crippen molar-refractivity contribution in [2.75, 3.05) is 18.5 Å². The van der Waals surface area contributed by atoms with Crippen LogP contribution < -0.4 is 10.1 Å². The number of aryl methyl sites for hydroxylation is 2. The monoisotopic (exact) mass is 397 g/mol. The van der Waals surface area contributed by atoms with Gasteiger partial charge < -0.3 is 15.2 Å². The van der Waals surface area contributed by atoms with Crippen LogP contribution in [0.3, 0.4) is 0 Å². The number of aromatic nitrogens is 2. The zero-order valence-corrected chi connectivity index (χ0v) is 17.0. The zero-order valence-electron chi connectivity index (χ0n) is 16.2. The van der Waals surface area contributed by atoms with Gasteiger partial charge >= 0.3 is 5.97 Å². The van der Waals surface area contributed by atoms with Crippen LogP contribution in [0.1, 0.15) is 33.3 Å². The van der Waals surface area contributed by atoms with Crippen LogP contribution in [0, 0.1) is 13.8 Å². The molecule has 2 aromatic heterocycles. The molecule has 7 heteroatoms. The van der Waals surface area contributed by atoms with E-state index in [1.165, 1.54) is 23.0 Å². The number of hydrogen-bond acceptors (Lipinski definition) is 6. The number of anilines is 1. The fraction of sp³-hybridized carbons (Fsp3) is 0.286. The molecule has 0 aliphatic carbocycles. The molecule has 28 heavy (non-hydrogen) atoms. The Kier molecular flexibility index (Phi) is 6.26. The number of rotatable bonds is 8. The van der Waals surface area contributed by atoms with E-state index in [0.717, 1.165) is 29.2 Å². The predicted molar refractivity (Wildman–Crippen MR) is 112 cm³/mol. The summed E-state index contributed by atoms with van der Waals surface area (Å²) in [5.41, 5.74) is 4.52. The Balaban J connectivity index is 1.72. The molecule has 0 spiro atoms. The number of carboxylic acids is 1. The summed E-state index contributed by atoms with van der Waals surface area (Å²) in [5.74, 6) is 0.0801. The molecule has 0 unspecified atom stereocenters. The van der Waals surface area contributed by atoms with Crippen LogP contribution in [0.15, 0.2) is 36.7 Å². The van der Waals surface area contributed by atoms with Crippen molar-refractivity contribution < 1.29 is 14.6 Å². The molecule has 2 heterocycles. The van der Waals surface area contributed by atoms with Crippen molar-refractivity contribution in [1.82, 2.24) is 9.97 Å². The van der Waals surface area contributed by atoms with Crippen LogP contribution in [-0.2, 0) is 6.42 Å². The highest BCUT2D eigenvalue weighted by Gasteiger charge is 2.18. The summed E-state index contributed by atoms with van der Waals surface area (Å²) in [6, 6.07) is 10.0. The second kappa shape index (κ2) is 8.84. The predicted octanol–water partition coefficient (Wildman–Crippen LogP) is 4.57. The molecule has 0 aliphatic heterocycles. The quantitative estimate of drug-likeness (QED) is 0.579. The fourth-order valence-corrected chi connectivity index (χ4v) is 3.86. The molecule has 3 aromatic rings. The van der Waals surface area contributed by atoms with E-state index in [-0.39, 0.29) is 4.88 Å². The lowest BCUT2D eigenvalue weighted by Gasteiger charge is -2.09. The first-order valence-corrected chi connectivity index (χ1v) is 9.92. The van der Waals surface area contributed by atoms with Crippen LogP contribution in [0.2, 0.25) is 0 Å². The third-order valence-electron chi connectivity index (χ3n) is 4.31. The summed E-state index contributed by atoms with van der Waals surface area (Å²) in [6.45, 7) is 7.19. The average molecular weight is 398 g/mol. The van der Waals surface area contributed by atoms with E-state index in [2.05, 4.69) is 47.3 Å². The van der Waals surface area contributed by atoms with Crippen LogP contribution in [0.25, 0.3) is 10.6 Å². The lowest BCUT2D eigenvalue weighted by molar-refractivity contribution is 0.0698. The van der Waals surface area contributed by atoms with Gasteiger partial charge in [0.15, 0.2) is 4.88 Å². The number of aromatic carboxylic acids is 1. The summed E-state index contributed by atoms with van der Waals surface area (Å²) in [7, 11) is 0. The Morgan fingerprint density at radius 3 is 2.75 bits per heavy atom. The SMILES string of the molecule is CCOc1cc(-c2cc(NCCc3ccc(C)cc3C)ncn2)sc1C(=O)O. The first-order valence-electron chi connectivity index (χ1n) is 9.10. The van der Waals surface area contributed by atoms with E-state index in [1.807, 2.05) is 13.0 Å². The van der Waals surface area contributed by atoms with E-state index in [9.17, 15) is 9.90 Å². The Morgan fingerprint density at radius 2 is 2.04 bits per heavy atom. The molecule has 1 aromatic carbocycles. The van der Waals surface area contributed by atoms with Crippen molar-refractivity contribution in [3.8, 4) is 16.3 Å².